The smallest absolute Gasteiger partial charge is 0.337 e. The highest BCUT2D eigenvalue weighted by atomic mass is 31.2. The Balaban J connectivity index is 1.56. The molecule has 0 N–H and O–H groups in total. The lowest BCUT2D eigenvalue weighted by Gasteiger charge is -2.28. The molecule has 0 saturated carbocycles. The molecule has 2 nitrogen and oxygen atoms in total. The fraction of sp³-hybridized carbons (Fsp3) is 0. The Morgan fingerprint density at radius 2 is 1.11 bits per heavy atom. The fourth-order valence-corrected chi connectivity index (χ4v) is 8.02. The van der Waals surface area contributed by atoms with Crippen LogP contribution in [0.2, 0.25) is 0 Å². The number of rotatable bonds is 6. The van der Waals surface area contributed by atoms with E-state index in [9.17, 15) is 13.6 Å². The molecule has 37 heavy (non-hydrogen) atoms. The molecule has 5 heteroatoms. The molecule has 0 aromatic heterocycles. The Morgan fingerprint density at radius 3 is 1.57 bits per heavy atom. The number of hydrogen-bond acceptors (Lipinski definition) is 2. The minimum atomic E-state index is -2.50. The maximum atomic E-state index is 14.2. The zero-order valence-electron chi connectivity index (χ0n) is 19.8. The van der Waals surface area contributed by atoms with Crippen LogP contribution >= 0.6 is 6.89 Å². The highest BCUT2D eigenvalue weighted by molar-refractivity contribution is 7.95. The molecule has 0 saturated heterocycles. The topological polar surface area (TPSA) is 26.3 Å². The third-order valence-corrected chi connectivity index (χ3v) is 10.0. The Hall–Kier alpha value is -4.27. The van der Waals surface area contributed by atoms with Crippen LogP contribution in [0, 0.1) is 11.6 Å². The Labute approximate surface area is 214 Å². The number of carbonyl (C=O) groups is 1. The van der Waals surface area contributed by atoms with E-state index in [1.165, 1.54) is 12.1 Å². The predicted molar refractivity (Wildman–Crippen MR) is 149 cm³/mol. The molecule has 0 spiro atoms. The molecule has 0 radical (unpaired) electrons. The van der Waals surface area contributed by atoms with E-state index in [-0.39, 0.29) is 5.56 Å². The average Bonchev–Trinajstić information content (AvgIpc) is 2.94. The minimum Gasteiger partial charge on any atom is -0.423 e. The number of esters is 1. The second-order valence-corrected chi connectivity index (χ2v) is 11.7. The summed E-state index contributed by atoms with van der Waals surface area (Å²) in [6.07, 6.45) is 0. The zero-order chi connectivity index (χ0) is 25.7. The molecule has 0 fully saturated rings. The normalized spacial score (nSPS) is 11.1. The molecule has 0 aliphatic rings. The van der Waals surface area contributed by atoms with Crippen molar-refractivity contribution < 1.29 is 18.3 Å². The Bertz CT molecular complexity index is 1460. The van der Waals surface area contributed by atoms with Gasteiger partial charge in [0.1, 0.15) is 17.4 Å². The van der Waals surface area contributed by atoms with Crippen LogP contribution in [0.5, 0.6) is 5.75 Å². The van der Waals surface area contributed by atoms with Crippen LogP contribution in [-0.2, 0) is 4.79 Å². The van der Waals surface area contributed by atoms with Crippen LogP contribution in [0.3, 0.4) is 0 Å². The van der Waals surface area contributed by atoms with E-state index in [2.05, 4.69) is 0 Å². The first kappa shape index (κ1) is 24.4. The van der Waals surface area contributed by atoms with E-state index in [1.807, 2.05) is 91.0 Å². The summed E-state index contributed by atoms with van der Waals surface area (Å²) in [5.74, 6) is 0.275. The van der Waals surface area contributed by atoms with E-state index in [0.29, 0.717) is 11.3 Å². The fourth-order valence-electron chi connectivity index (χ4n) is 4.39. The van der Waals surface area contributed by atoms with Crippen molar-refractivity contribution in [3.05, 3.63) is 145 Å². The van der Waals surface area contributed by atoms with Gasteiger partial charge in [0.2, 0.25) is 0 Å². The van der Waals surface area contributed by atoms with Gasteiger partial charge in [0.25, 0.3) is 0 Å². The molecular formula is C32H23F2O2P. The van der Waals surface area contributed by atoms with Crippen molar-refractivity contribution >= 4 is 34.6 Å². The average molecular weight is 509 g/mol. The summed E-state index contributed by atoms with van der Waals surface area (Å²) in [4.78, 5) is 13.4. The monoisotopic (exact) mass is 508 g/mol. The van der Waals surface area contributed by atoms with Gasteiger partial charge in [-0.1, -0.05) is 103 Å². The number of halogens is 2. The van der Waals surface area contributed by atoms with Gasteiger partial charge in [0, 0.05) is 17.4 Å². The molecule has 0 unspecified atom stereocenters. The maximum absolute atomic E-state index is 14.2. The van der Waals surface area contributed by atoms with Crippen LogP contribution < -0.4 is 20.7 Å². The van der Waals surface area contributed by atoms with Crippen molar-refractivity contribution in [3.63, 3.8) is 0 Å². The van der Waals surface area contributed by atoms with E-state index in [0.717, 1.165) is 22.0 Å². The van der Waals surface area contributed by atoms with Crippen molar-refractivity contribution in [1.29, 1.82) is 0 Å². The quantitative estimate of drug-likeness (QED) is 0.152. The van der Waals surface area contributed by atoms with Gasteiger partial charge >= 0.3 is 5.97 Å². The van der Waals surface area contributed by atoms with Crippen molar-refractivity contribution in [2.75, 3.05) is 0 Å². The van der Waals surface area contributed by atoms with Crippen molar-refractivity contribution in [2.45, 2.75) is 0 Å². The van der Waals surface area contributed by atoms with E-state index < -0.39 is 24.5 Å². The van der Waals surface area contributed by atoms with Gasteiger partial charge in [-0.2, -0.15) is 0 Å². The van der Waals surface area contributed by atoms with Gasteiger partial charge in [0.05, 0.1) is 0 Å². The minimum absolute atomic E-state index is 0.271. The third-order valence-electron chi connectivity index (χ3n) is 6.10. The highest BCUT2D eigenvalue weighted by Crippen LogP contribution is 2.43. The first-order chi connectivity index (χ1) is 18.1. The molecule has 0 heterocycles. The predicted octanol–water partition coefficient (Wildman–Crippen LogP) is 6.33. The Kier molecular flexibility index (Phi) is 7.11. The first-order valence-electron chi connectivity index (χ1n) is 11.7. The summed E-state index contributed by atoms with van der Waals surface area (Å²) in [7, 11) is 0. The SMILES string of the molecule is O=C(C=P(c1ccccc1)(c1ccccc1)c1ccccc1)Oc1ccc(-c2ccc(F)cc2F)cc1. The molecule has 0 amide bonds. The summed E-state index contributed by atoms with van der Waals surface area (Å²) in [5.41, 5.74) is 0.828. The second kappa shape index (κ2) is 10.8. The summed E-state index contributed by atoms with van der Waals surface area (Å²) < 4.78 is 33.2. The van der Waals surface area contributed by atoms with Gasteiger partial charge in [-0.25, -0.2) is 13.6 Å². The van der Waals surface area contributed by atoms with Crippen LogP contribution in [0.4, 0.5) is 8.78 Å². The van der Waals surface area contributed by atoms with Crippen LogP contribution in [-0.4, -0.2) is 11.8 Å². The molecule has 5 aromatic carbocycles. The molecular weight excluding hydrogens is 485 g/mol. The maximum Gasteiger partial charge on any atom is 0.337 e. The standard InChI is InChI=1S/C32H23F2O2P/c33-25-18-21-30(31(34)22-25)24-16-19-26(20-17-24)36-32(35)23-37(27-10-4-1-5-11-27,28-12-6-2-7-13-28)29-14-8-3-9-15-29/h1-23H. The van der Waals surface area contributed by atoms with Gasteiger partial charge < -0.3 is 4.74 Å². The molecule has 0 atom stereocenters. The zero-order valence-corrected chi connectivity index (χ0v) is 20.7. The van der Waals surface area contributed by atoms with Gasteiger partial charge in [-0.05, 0) is 52.6 Å². The number of hydrogen-bond donors (Lipinski definition) is 0. The molecule has 0 bridgehead atoms. The van der Waals surface area contributed by atoms with Crippen LogP contribution in [0.25, 0.3) is 11.1 Å². The van der Waals surface area contributed by atoms with E-state index in [4.69, 9.17) is 4.74 Å². The second-order valence-electron chi connectivity index (χ2n) is 8.43. The lowest BCUT2D eigenvalue weighted by molar-refractivity contribution is -0.126. The molecule has 0 aliphatic heterocycles. The lowest BCUT2D eigenvalue weighted by Crippen LogP contribution is -2.29. The van der Waals surface area contributed by atoms with Crippen molar-refractivity contribution in [1.82, 2.24) is 0 Å². The van der Waals surface area contributed by atoms with Crippen LogP contribution in [0.15, 0.2) is 133 Å². The largest absolute Gasteiger partial charge is 0.423 e. The van der Waals surface area contributed by atoms with Crippen LogP contribution in [0.1, 0.15) is 0 Å². The summed E-state index contributed by atoms with van der Waals surface area (Å²) in [5, 5.41) is 3.10. The molecule has 182 valence electrons. The van der Waals surface area contributed by atoms with Gasteiger partial charge in [-0.15, -0.1) is 0 Å². The van der Waals surface area contributed by atoms with Crippen molar-refractivity contribution in [3.8, 4) is 16.9 Å². The molecule has 5 rings (SSSR count). The molecule has 0 aliphatic carbocycles. The summed E-state index contributed by atoms with van der Waals surface area (Å²) in [6.45, 7) is -2.50. The Morgan fingerprint density at radius 1 is 0.622 bits per heavy atom. The number of ether oxygens (including phenoxy) is 1. The number of carbonyl (C=O) groups excluding carboxylic acids is 1. The van der Waals surface area contributed by atoms with E-state index in [1.54, 1.807) is 30.1 Å². The lowest BCUT2D eigenvalue weighted by atomic mass is 10.1. The first-order valence-corrected chi connectivity index (χ1v) is 13.6. The van der Waals surface area contributed by atoms with Gasteiger partial charge in [0.15, 0.2) is 0 Å². The summed E-state index contributed by atoms with van der Waals surface area (Å²) in [6, 6.07) is 39.9. The molecule has 5 aromatic rings. The van der Waals surface area contributed by atoms with Gasteiger partial charge in [-0.3, -0.25) is 0 Å². The number of benzene rings is 5. The highest BCUT2D eigenvalue weighted by Gasteiger charge is 2.27. The summed E-state index contributed by atoms with van der Waals surface area (Å²) >= 11 is 0. The third kappa shape index (κ3) is 5.16. The van der Waals surface area contributed by atoms with E-state index >= 15 is 0 Å². The van der Waals surface area contributed by atoms with Crippen molar-refractivity contribution in [2.24, 2.45) is 0 Å².